The molecule has 1 heterocycles. The number of amides is 2. The molecule has 0 aromatic heterocycles. The molecule has 1 aromatic carbocycles. The second kappa shape index (κ2) is 10.8. The summed E-state index contributed by atoms with van der Waals surface area (Å²) in [5.41, 5.74) is -3.24. The number of hydrogen-bond donors (Lipinski definition) is 1. The van der Waals surface area contributed by atoms with Crippen molar-refractivity contribution in [2.24, 2.45) is 4.99 Å². The second-order valence-electron chi connectivity index (χ2n) is 12.2. The highest BCUT2D eigenvalue weighted by Crippen LogP contribution is 2.41. The van der Waals surface area contributed by atoms with Crippen molar-refractivity contribution in [1.29, 1.82) is 0 Å². The zero-order valence-corrected chi connectivity index (χ0v) is 24.8. The highest BCUT2D eigenvalue weighted by atomic mass is 32.2. The van der Waals surface area contributed by atoms with Crippen LogP contribution in [0.4, 0.5) is 15.3 Å². The molecule has 0 saturated carbocycles. The van der Waals surface area contributed by atoms with Gasteiger partial charge in [-0.1, -0.05) is 6.07 Å². The molecule has 1 N–H and O–H groups in total. The third-order valence-corrected chi connectivity index (χ3v) is 8.67. The van der Waals surface area contributed by atoms with Gasteiger partial charge in [0.15, 0.2) is 9.84 Å². The summed E-state index contributed by atoms with van der Waals surface area (Å²) in [5, 5.41) is 21.0. The van der Waals surface area contributed by atoms with Gasteiger partial charge in [-0.15, -0.1) is 0 Å². The van der Waals surface area contributed by atoms with Crippen molar-refractivity contribution in [2.75, 3.05) is 12.4 Å². The number of aliphatic imine (C=N–C) groups is 1. The van der Waals surface area contributed by atoms with Crippen molar-refractivity contribution >= 4 is 33.5 Å². The maximum absolute atomic E-state index is 13.8. The van der Waals surface area contributed by atoms with Crippen LogP contribution in [0.25, 0.3) is 0 Å². The molecule has 1 aliphatic rings. The standard InChI is InChI=1S/C26H39N3O9S/c1-23(2,3)37-21(31)28(22(32)38-24(4,5)6)20-25(7,8)39(35,36)16-26(9,27-20)19-15-18(29(33)34)13-12-17(19)11-10-14-30/h12-13,15,30H,10-11,14,16H2,1-9H3/t26-/m0/s1. The Kier molecular flexibility index (Phi) is 8.94. The van der Waals surface area contributed by atoms with Crippen LogP contribution in [0, 0.1) is 10.1 Å². The first-order valence-electron chi connectivity index (χ1n) is 12.5. The first kappa shape index (κ1) is 32.2. The monoisotopic (exact) mass is 569 g/mol. The fourth-order valence-corrected chi connectivity index (χ4v) is 5.81. The molecule has 0 bridgehead atoms. The minimum absolute atomic E-state index is 0.155. The average molecular weight is 570 g/mol. The Balaban J connectivity index is 2.92. The van der Waals surface area contributed by atoms with Crippen molar-refractivity contribution in [2.45, 2.75) is 96.6 Å². The molecule has 0 aliphatic carbocycles. The number of carbonyl (C=O) groups excluding carboxylic acids is 2. The number of non-ortho nitro benzene ring substituents is 1. The van der Waals surface area contributed by atoms with Gasteiger partial charge in [0.1, 0.15) is 21.8 Å². The number of nitrogens with zero attached hydrogens (tertiary/aromatic N) is 3. The van der Waals surface area contributed by atoms with E-state index in [1.54, 1.807) is 41.5 Å². The van der Waals surface area contributed by atoms with Crippen molar-refractivity contribution in [3.63, 3.8) is 0 Å². The van der Waals surface area contributed by atoms with E-state index in [2.05, 4.69) is 4.99 Å². The summed E-state index contributed by atoms with van der Waals surface area (Å²) >= 11 is 0. The molecule has 1 atom stereocenters. The molecule has 1 aliphatic heterocycles. The maximum atomic E-state index is 13.8. The van der Waals surface area contributed by atoms with Gasteiger partial charge in [-0.3, -0.25) is 15.1 Å². The quantitative estimate of drug-likeness (QED) is 0.396. The molecule has 13 heteroatoms. The average Bonchev–Trinajstić information content (AvgIpc) is 2.73. The van der Waals surface area contributed by atoms with Gasteiger partial charge in [-0.2, -0.15) is 4.90 Å². The summed E-state index contributed by atoms with van der Waals surface area (Å²) in [6, 6.07) is 4.03. The smallest absolute Gasteiger partial charge is 0.425 e. The number of sulfone groups is 1. The van der Waals surface area contributed by atoms with Gasteiger partial charge in [-0.05, 0) is 86.3 Å². The molecule has 39 heavy (non-hydrogen) atoms. The summed E-state index contributed by atoms with van der Waals surface area (Å²) in [4.78, 5) is 42.9. The predicted molar refractivity (Wildman–Crippen MR) is 145 cm³/mol. The van der Waals surface area contributed by atoms with Crippen LogP contribution >= 0.6 is 0 Å². The SMILES string of the molecule is CC(C)(C)OC(=O)N(C(=O)OC(C)(C)C)C1=N[C@](C)(c2cc([N+](=O)[O-])ccc2CCCO)CS(=O)(=O)C1(C)C. The lowest BCUT2D eigenvalue weighted by Crippen LogP contribution is -2.61. The molecule has 1 aromatic rings. The Labute approximate surface area is 229 Å². The number of nitro groups is 1. The lowest BCUT2D eigenvalue weighted by molar-refractivity contribution is -0.385. The fourth-order valence-electron chi connectivity index (χ4n) is 4.08. The van der Waals surface area contributed by atoms with Crippen molar-refractivity contribution in [3.8, 4) is 0 Å². The van der Waals surface area contributed by atoms with Gasteiger partial charge < -0.3 is 14.6 Å². The maximum Gasteiger partial charge on any atom is 0.425 e. The number of aliphatic hydroxyl groups is 1. The van der Waals surface area contributed by atoms with Crippen LogP contribution in [0.3, 0.4) is 0 Å². The Hall–Kier alpha value is -3.06. The topological polar surface area (TPSA) is 166 Å². The van der Waals surface area contributed by atoms with Gasteiger partial charge in [0.05, 0.1) is 16.2 Å². The Morgan fingerprint density at radius 2 is 1.59 bits per heavy atom. The Morgan fingerprint density at radius 1 is 1.08 bits per heavy atom. The molecule has 0 unspecified atom stereocenters. The minimum Gasteiger partial charge on any atom is -0.443 e. The molecule has 2 amide bonds. The predicted octanol–water partition coefficient (Wildman–Crippen LogP) is 4.51. The van der Waals surface area contributed by atoms with E-state index in [1.807, 2.05) is 0 Å². The number of amidine groups is 1. The number of aryl methyl sites for hydroxylation is 1. The van der Waals surface area contributed by atoms with E-state index in [1.165, 1.54) is 39.0 Å². The number of rotatable bonds is 5. The minimum atomic E-state index is -4.14. The highest BCUT2D eigenvalue weighted by Gasteiger charge is 2.55. The van der Waals surface area contributed by atoms with Crippen molar-refractivity contribution < 1.29 is 37.5 Å². The number of ether oxygens (including phenoxy) is 2. The lowest BCUT2D eigenvalue weighted by atomic mass is 9.87. The molecule has 0 spiro atoms. The van der Waals surface area contributed by atoms with E-state index < -0.39 is 60.0 Å². The van der Waals surface area contributed by atoms with Crippen molar-refractivity contribution in [1.82, 2.24) is 4.90 Å². The molecular weight excluding hydrogens is 530 g/mol. The number of aliphatic hydroxyl groups excluding tert-OH is 1. The molecule has 12 nitrogen and oxygen atoms in total. The zero-order chi connectivity index (χ0) is 30.2. The largest absolute Gasteiger partial charge is 0.443 e. The summed E-state index contributed by atoms with van der Waals surface area (Å²) in [7, 11) is -4.14. The lowest BCUT2D eigenvalue weighted by Gasteiger charge is -2.42. The van der Waals surface area contributed by atoms with Crippen molar-refractivity contribution in [3.05, 3.63) is 39.4 Å². The normalized spacial score (nSPS) is 20.5. The summed E-state index contributed by atoms with van der Waals surface area (Å²) in [6.45, 7) is 13.5. The van der Waals surface area contributed by atoms with Gasteiger partial charge in [0.2, 0.25) is 0 Å². The third kappa shape index (κ3) is 7.33. The Bertz CT molecular complexity index is 1250. The second-order valence-corrected chi connectivity index (χ2v) is 14.7. The van der Waals surface area contributed by atoms with Gasteiger partial charge in [0.25, 0.3) is 5.69 Å². The highest BCUT2D eigenvalue weighted by molar-refractivity contribution is 7.93. The van der Waals surface area contributed by atoms with Crippen LogP contribution in [0.15, 0.2) is 23.2 Å². The number of nitro benzene ring substituents is 1. The van der Waals surface area contributed by atoms with Crippen LogP contribution in [0.5, 0.6) is 0 Å². The van der Waals surface area contributed by atoms with E-state index >= 15 is 0 Å². The van der Waals surface area contributed by atoms with Gasteiger partial charge in [0, 0.05) is 18.7 Å². The van der Waals surface area contributed by atoms with Gasteiger partial charge in [-0.25, -0.2) is 18.0 Å². The van der Waals surface area contributed by atoms with E-state index in [4.69, 9.17) is 9.47 Å². The third-order valence-electron chi connectivity index (χ3n) is 5.99. The molecule has 0 saturated heterocycles. The van der Waals surface area contributed by atoms with Crippen LogP contribution in [-0.2, 0) is 31.3 Å². The number of imide groups is 1. The Morgan fingerprint density at radius 3 is 2.03 bits per heavy atom. The summed E-state index contributed by atoms with van der Waals surface area (Å²) in [5.74, 6) is -0.986. The summed E-state index contributed by atoms with van der Waals surface area (Å²) in [6.07, 6.45) is -1.75. The summed E-state index contributed by atoms with van der Waals surface area (Å²) < 4.78 is 36.6. The molecule has 0 fully saturated rings. The number of benzene rings is 1. The molecule has 218 valence electrons. The van der Waals surface area contributed by atoms with Crippen LogP contribution in [0.2, 0.25) is 0 Å². The van der Waals surface area contributed by atoms with Crippen LogP contribution in [0.1, 0.15) is 79.9 Å². The first-order chi connectivity index (χ1) is 17.5. The van der Waals surface area contributed by atoms with Crippen LogP contribution in [-0.4, -0.2) is 69.7 Å². The fraction of sp³-hybridized carbons (Fsp3) is 0.654. The van der Waals surface area contributed by atoms with E-state index in [0.717, 1.165) is 0 Å². The van der Waals surface area contributed by atoms with Gasteiger partial charge >= 0.3 is 12.2 Å². The molecular formula is C26H39N3O9S. The van der Waals surface area contributed by atoms with E-state index in [-0.39, 0.29) is 24.3 Å². The van der Waals surface area contributed by atoms with E-state index in [0.29, 0.717) is 16.9 Å². The number of hydrogen-bond acceptors (Lipinski definition) is 10. The molecule has 0 radical (unpaired) electrons. The van der Waals surface area contributed by atoms with Crippen LogP contribution < -0.4 is 0 Å². The first-order valence-corrected chi connectivity index (χ1v) is 14.2. The zero-order valence-electron chi connectivity index (χ0n) is 24.0. The number of carbonyl (C=O) groups is 2. The molecule has 2 rings (SSSR count). The van der Waals surface area contributed by atoms with E-state index in [9.17, 15) is 33.2 Å².